The van der Waals surface area contributed by atoms with Gasteiger partial charge in [0.2, 0.25) is 0 Å². The first-order valence-corrected chi connectivity index (χ1v) is 9.11. The summed E-state index contributed by atoms with van der Waals surface area (Å²) < 4.78 is 0. The Morgan fingerprint density at radius 2 is 1.85 bits per heavy atom. The summed E-state index contributed by atoms with van der Waals surface area (Å²) >= 11 is 0. The summed E-state index contributed by atoms with van der Waals surface area (Å²) in [6.45, 7) is 2.39. The average Bonchev–Trinajstić information content (AvgIpc) is 2.68. The molecule has 2 atom stereocenters. The Labute approximate surface area is 154 Å². The summed E-state index contributed by atoms with van der Waals surface area (Å²) in [5, 5.41) is 22.3. The summed E-state index contributed by atoms with van der Waals surface area (Å²) in [6, 6.07) is 24.8. The molecule has 0 amide bonds. The normalized spacial score (nSPS) is 20.8. The van der Waals surface area contributed by atoms with Crippen LogP contribution in [0.5, 0.6) is 0 Å². The van der Waals surface area contributed by atoms with E-state index in [4.69, 9.17) is 5.26 Å². The maximum atomic E-state index is 10.7. The van der Waals surface area contributed by atoms with E-state index in [9.17, 15) is 5.11 Å². The van der Waals surface area contributed by atoms with E-state index in [2.05, 4.69) is 53.4 Å². The second-order valence-electron chi connectivity index (χ2n) is 7.12. The van der Waals surface area contributed by atoms with Crippen LogP contribution in [-0.2, 0) is 6.54 Å². The third-order valence-corrected chi connectivity index (χ3v) is 5.33. The van der Waals surface area contributed by atoms with Gasteiger partial charge < -0.3 is 5.11 Å². The molecule has 3 heteroatoms. The third-order valence-electron chi connectivity index (χ3n) is 5.33. The number of piperidine rings is 1. The van der Waals surface area contributed by atoms with Gasteiger partial charge in [0.15, 0.2) is 0 Å². The summed E-state index contributed by atoms with van der Waals surface area (Å²) in [4.78, 5) is 2.28. The molecule has 0 bridgehead atoms. The lowest BCUT2D eigenvalue weighted by Crippen LogP contribution is -2.42. The molecule has 0 aromatic heterocycles. The van der Waals surface area contributed by atoms with Crippen LogP contribution in [0.2, 0.25) is 0 Å². The Morgan fingerprint density at radius 1 is 1.00 bits per heavy atom. The fraction of sp³-hybridized carbons (Fsp3) is 0.261. The van der Waals surface area contributed by atoms with Crippen molar-refractivity contribution in [1.82, 2.24) is 4.90 Å². The van der Waals surface area contributed by atoms with Gasteiger partial charge in [-0.3, -0.25) is 4.90 Å². The molecular formula is C23H22N2O. The van der Waals surface area contributed by atoms with E-state index < -0.39 is 0 Å². The minimum absolute atomic E-state index is 0.182. The Morgan fingerprint density at radius 3 is 2.65 bits per heavy atom. The lowest BCUT2D eigenvalue weighted by Gasteiger charge is -2.36. The molecule has 1 aliphatic rings. The van der Waals surface area contributed by atoms with E-state index in [0.717, 1.165) is 25.1 Å². The van der Waals surface area contributed by atoms with Gasteiger partial charge in [-0.05, 0) is 47.0 Å². The molecule has 3 aromatic rings. The van der Waals surface area contributed by atoms with Gasteiger partial charge in [-0.25, -0.2) is 0 Å². The van der Waals surface area contributed by atoms with E-state index in [1.807, 2.05) is 24.3 Å². The van der Waals surface area contributed by atoms with Gasteiger partial charge in [-0.1, -0.05) is 54.6 Å². The van der Waals surface area contributed by atoms with Gasteiger partial charge in [0.25, 0.3) is 0 Å². The zero-order valence-corrected chi connectivity index (χ0v) is 14.7. The van der Waals surface area contributed by atoms with Crippen molar-refractivity contribution in [3.8, 4) is 6.07 Å². The first kappa shape index (κ1) is 16.8. The van der Waals surface area contributed by atoms with Crippen molar-refractivity contribution >= 4 is 10.8 Å². The number of hydrogen-bond acceptors (Lipinski definition) is 3. The van der Waals surface area contributed by atoms with E-state index in [1.165, 1.54) is 16.3 Å². The molecule has 1 saturated heterocycles. The van der Waals surface area contributed by atoms with Crippen LogP contribution in [0.3, 0.4) is 0 Å². The number of nitrogens with zero attached hydrogens (tertiary/aromatic N) is 2. The zero-order chi connectivity index (χ0) is 17.9. The highest BCUT2D eigenvalue weighted by Crippen LogP contribution is 2.31. The Kier molecular flexibility index (Phi) is 4.71. The highest BCUT2D eigenvalue weighted by atomic mass is 16.3. The van der Waals surface area contributed by atoms with Gasteiger partial charge in [0.05, 0.1) is 17.7 Å². The molecule has 4 rings (SSSR count). The van der Waals surface area contributed by atoms with Gasteiger partial charge in [0, 0.05) is 19.0 Å². The first-order chi connectivity index (χ1) is 12.7. The van der Waals surface area contributed by atoms with Gasteiger partial charge in [-0.2, -0.15) is 5.26 Å². The molecule has 1 aliphatic heterocycles. The van der Waals surface area contributed by atoms with Crippen LogP contribution in [0.1, 0.15) is 29.0 Å². The van der Waals surface area contributed by atoms with E-state index in [-0.39, 0.29) is 12.0 Å². The van der Waals surface area contributed by atoms with Crippen LogP contribution < -0.4 is 0 Å². The summed E-state index contributed by atoms with van der Waals surface area (Å²) in [6.07, 6.45) is 0.571. The first-order valence-electron chi connectivity index (χ1n) is 9.11. The van der Waals surface area contributed by atoms with E-state index in [1.54, 1.807) is 0 Å². The molecular weight excluding hydrogens is 320 g/mol. The molecule has 0 saturated carbocycles. The standard InChI is InChI=1S/C23H22N2O/c24-14-17-4-3-5-18(12-17)15-25-11-10-22(23(26)16-25)21-9-8-19-6-1-2-7-20(19)13-21/h1-9,12-13,22-23,26H,10-11,15-16H2/t22-,23+/m0/s1. The maximum Gasteiger partial charge on any atom is 0.0991 e. The van der Waals surface area contributed by atoms with Crippen molar-refractivity contribution in [3.63, 3.8) is 0 Å². The molecule has 0 aliphatic carbocycles. The minimum Gasteiger partial charge on any atom is -0.391 e. The number of hydrogen-bond donors (Lipinski definition) is 1. The Balaban J connectivity index is 1.46. The van der Waals surface area contributed by atoms with Crippen molar-refractivity contribution in [2.45, 2.75) is 25.0 Å². The molecule has 26 heavy (non-hydrogen) atoms. The Hall–Kier alpha value is -2.67. The Bertz CT molecular complexity index is 960. The zero-order valence-electron chi connectivity index (χ0n) is 14.7. The topological polar surface area (TPSA) is 47.3 Å². The molecule has 1 fully saturated rings. The number of nitriles is 1. The largest absolute Gasteiger partial charge is 0.391 e. The van der Waals surface area contributed by atoms with Crippen LogP contribution in [0.15, 0.2) is 66.7 Å². The van der Waals surface area contributed by atoms with Gasteiger partial charge in [0.1, 0.15) is 0 Å². The van der Waals surface area contributed by atoms with Crippen molar-refractivity contribution in [2.24, 2.45) is 0 Å². The molecule has 0 unspecified atom stereocenters. The molecule has 3 nitrogen and oxygen atoms in total. The number of aliphatic hydroxyl groups excluding tert-OH is 1. The molecule has 1 N–H and O–H groups in total. The lowest BCUT2D eigenvalue weighted by atomic mass is 9.86. The third kappa shape index (κ3) is 3.48. The summed E-state index contributed by atoms with van der Waals surface area (Å²) in [7, 11) is 0. The van der Waals surface area contributed by atoms with Crippen LogP contribution in [0, 0.1) is 11.3 Å². The molecule has 3 aromatic carbocycles. The van der Waals surface area contributed by atoms with Crippen LogP contribution in [0.25, 0.3) is 10.8 Å². The predicted octanol–water partition coefficient (Wildman–Crippen LogP) is 4.06. The quantitative estimate of drug-likeness (QED) is 0.781. The highest BCUT2D eigenvalue weighted by molar-refractivity contribution is 5.83. The number of rotatable bonds is 3. The number of likely N-dealkylation sites (tertiary alicyclic amines) is 1. The summed E-state index contributed by atoms with van der Waals surface area (Å²) in [5.74, 6) is 0.182. The molecule has 1 heterocycles. The fourth-order valence-corrected chi connectivity index (χ4v) is 3.97. The predicted molar refractivity (Wildman–Crippen MR) is 104 cm³/mol. The number of β-amino-alcohol motifs (C(OH)–C–C–N with tert-alkyl or cyclic N) is 1. The smallest absolute Gasteiger partial charge is 0.0991 e. The SMILES string of the molecule is N#Cc1cccc(CN2CC[C@@H](c3ccc4ccccc4c3)[C@H](O)C2)c1. The van der Waals surface area contributed by atoms with Crippen LogP contribution in [-0.4, -0.2) is 29.2 Å². The number of benzene rings is 3. The number of aliphatic hydroxyl groups is 1. The minimum atomic E-state index is -0.371. The van der Waals surface area contributed by atoms with Crippen LogP contribution >= 0.6 is 0 Å². The van der Waals surface area contributed by atoms with E-state index in [0.29, 0.717) is 12.1 Å². The average molecular weight is 342 g/mol. The monoisotopic (exact) mass is 342 g/mol. The number of fused-ring (bicyclic) bond motifs is 1. The van der Waals surface area contributed by atoms with Gasteiger partial charge >= 0.3 is 0 Å². The van der Waals surface area contributed by atoms with Crippen molar-refractivity contribution in [2.75, 3.05) is 13.1 Å². The molecule has 0 radical (unpaired) electrons. The lowest BCUT2D eigenvalue weighted by molar-refractivity contribution is 0.0477. The van der Waals surface area contributed by atoms with E-state index >= 15 is 0 Å². The second kappa shape index (κ2) is 7.29. The van der Waals surface area contributed by atoms with Crippen molar-refractivity contribution < 1.29 is 5.11 Å². The molecule has 0 spiro atoms. The highest BCUT2D eigenvalue weighted by Gasteiger charge is 2.28. The van der Waals surface area contributed by atoms with Crippen molar-refractivity contribution in [1.29, 1.82) is 5.26 Å². The van der Waals surface area contributed by atoms with Crippen LogP contribution in [0.4, 0.5) is 0 Å². The van der Waals surface area contributed by atoms with Crippen molar-refractivity contribution in [3.05, 3.63) is 83.4 Å². The fourth-order valence-electron chi connectivity index (χ4n) is 3.97. The second-order valence-corrected chi connectivity index (χ2v) is 7.12. The summed E-state index contributed by atoms with van der Waals surface area (Å²) in [5.41, 5.74) is 3.04. The molecule has 130 valence electrons. The maximum absolute atomic E-state index is 10.7. The van der Waals surface area contributed by atoms with Gasteiger partial charge in [-0.15, -0.1) is 0 Å².